The Morgan fingerprint density at radius 3 is 2.24 bits per heavy atom. The monoisotopic (exact) mass is 487 g/mol. The summed E-state index contributed by atoms with van der Waals surface area (Å²) in [6, 6.07) is 5.69. The van der Waals surface area contributed by atoms with Crippen molar-refractivity contribution >= 4 is 40.5 Å². The van der Waals surface area contributed by atoms with E-state index in [9.17, 15) is 4.79 Å². The molecule has 2 heterocycles. The van der Waals surface area contributed by atoms with Crippen LogP contribution in [-0.2, 0) is 16.2 Å². The van der Waals surface area contributed by atoms with Crippen molar-refractivity contribution in [3.05, 3.63) is 35.2 Å². The van der Waals surface area contributed by atoms with Crippen molar-refractivity contribution in [1.29, 1.82) is 0 Å². The molecular weight excluding hydrogens is 450 g/mol. The van der Waals surface area contributed by atoms with Gasteiger partial charge in [0.15, 0.2) is 0 Å². The maximum absolute atomic E-state index is 12.5. The molecule has 1 aliphatic heterocycles. The second-order valence-corrected chi connectivity index (χ2v) is 11.6. The van der Waals surface area contributed by atoms with E-state index in [-0.39, 0.29) is 5.91 Å². The third kappa shape index (κ3) is 7.33. The Morgan fingerprint density at radius 1 is 0.939 bits per heavy atom. The van der Waals surface area contributed by atoms with E-state index in [0.717, 1.165) is 44.4 Å². The fraction of sp³-hybridized carbons (Fsp3) is 0.654. The number of fused-ring (bicyclic) bond motifs is 5. The normalized spacial score (nSPS) is 22.3. The molecule has 0 spiro atoms. The van der Waals surface area contributed by atoms with Crippen molar-refractivity contribution in [2.75, 3.05) is 19.8 Å². The zero-order chi connectivity index (χ0) is 22.9. The first-order valence-electron chi connectivity index (χ1n) is 12.6. The van der Waals surface area contributed by atoms with Crippen LogP contribution >= 0.6 is 23.5 Å². The maximum Gasteiger partial charge on any atom is 0.251 e. The van der Waals surface area contributed by atoms with Crippen LogP contribution in [0.1, 0.15) is 86.5 Å². The topological polar surface area (TPSA) is 64.1 Å². The SMILES string of the molecule is CCOCCNC(=O)c1ccc2nc3c(nc2c1)CSC1CCCCCCCC(CC1)SC3. The van der Waals surface area contributed by atoms with E-state index in [1.165, 1.54) is 57.8 Å². The average Bonchev–Trinajstić information content (AvgIpc) is 2.89. The van der Waals surface area contributed by atoms with Gasteiger partial charge in [0, 0.05) is 40.7 Å². The number of benzene rings is 1. The smallest absolute Gasteiger partial charge is 0.251 e. The van der Waals surface area contributed by atoms with E-state index >= 15 is 0 Å². The number of carbonyl (C=O) groups is 1. The van der Waals surface area contributed by atoms with Gasteiger partial charge in [-0.1, -0.05) is 32.1 Å². The van der Waals surface area contributed by atoms with Crippen LogP contribution < -0.4 is 5.32 Å². The van der Waals surface area contributed by atoms with Gasteiger partial charge >= 0.3 is 0 Å². The number of ether oxygens (including phenoxy) is 1. The molecule has 1 aromatic heterocycles. The second-order valence-electron chi connectivity index (χ2n) is 9.06. The summed E-state index contributed by atoms with van der Waals surface area (Å²) in [6.07, 6.45) is 12.2. The van der Waals surface area contributed by atoms with Crippen molar-refractivity contribution in [3.63, 3.8) is 0 Å². The lowest BCUT2D eigenvalue weighted by Crippen LogP contribution is -2.27. The summed E-state index contributed by atoms with van der Waals surface area (Å²) in [5, 5.41) is 4.38. The predicted molar refractivity (Wildman–Crippen MR) is 140 cm³/mol. The van der Waals surface area contributed by atoms with Gasteiger partial charge in [-0.15, -0.1) is 0 Å². The minimum absolute atomic E-state index is 0.0863. The molecule has 1 amide bonds. The van der Waals surface area contributed by atoms with Gasteiger partial charge in [-0.05, 0) is 50.8 Å². The summed E-state index contributed by atoms with van der Waals surface area (Å²) >= 11 is 4.16. The first-order chi connectivity index (χ1) is 16.2. The summed E-state index contributed by atoms with van der Waals surface area (Å²) in [5.41, 5.74) is 4.57. The maximum atomic E-state index is 12.5. The van der Waals surface area contributed by atoms with Crippen LogP contribution in [-0.4, -0.2) is 46.1 Å². The molecule has 180 valence electrons. The molecule has 1 saturated carbocycles. The molecule has 1 aliphatic carbocycles. The lowest BCUT2D eigenvalue weighted by atomic mass is 10.1. The number of hydrogen-bond acceptors (Lipinski definition) is 6. The zero-order valence-corrected chi connectivity index (χ0v) is 21.4. The molecule has 0 saturated heterocycles. The molecule has 1 aromatic carbocycles. The summed E-state index contributed by atoms with van der Waals surface area (Å²) in [4.78, 5) is 22.6. The zero-order valence-electron chi connectivity index (χ0n) is 19.8. The van der Waals surface area contributed by atoms with Crippen LogP contribution in [0.25, 0.3) is 11.0 Å². The largest absolute Gasteiger partial charge is 0.380 e. The Morgan fingerprint density at radius 2 is 1.58 bits per heavy atom. The van der Waals surface area contributed by atoms with Gasteiger partial charge in [0.1, 0.15) is 0 Å². The number of hydrogen-bond donors (Lipinski definition) is 1. The van der Waals surface area contributed by atoms with E-state index in [1.807, 2.05) is 25.1 Å². The molecule has 2 unspecified atom stereocenters. The van der Waals surface area contributed by atoms with Crippen molar-refractivity contribution < 1.29 is 9.53 Å². The number of thioether (sulfide) groups is 2. The van der Waals surface area contributed by atoms with Crippen molar-refractivity contribution in [3.8, 4) is 0 Å². The van der Waals surface area contributed by atoms with Gasteiger partial charge in [0.25, 0.3) is 5.91 Å². The van der Waals surface area contributed by atoms with Gasteiger partial charge in [-0.25, -0.2) is 9.97 Å². The molecule has 7 heteroatoms. The second kappa shape index (κ2) is 13.0. The fourth-order valence-electron chi connectivity index (χ4n) is 4.64. The standard InChI is InChI=1S/C26H37N3O2S2/c1-2-31-15-14-27-26(30)19-10-13-22-23(16-19)29-25-18-33-21-9-7-5-3-4-6-8-20(11-12-21)32-17-24(25)28-22/h10,13,16,20-21H,2-9,11-12,14-15,17-18H2,1H3,(H,27,30). The van der Waals surface area contributed by atoms with Gasteiger partial charge in [-0.2, -0.15) is 23.5 Å². The first kappa shape index (κ1) is 24.8. The molecule has 33 heavy (non-hydrogen) atoms. The summed E-state index contributed by atoms with van der Waals surface area (Å²) in [6.45, 7) is 3.65. The van der Waals surface area contributed by atoms with Crippen LogP contribution in [0.15, 0.2) is 18.2 Å². The highest BCUT2D eigenvalue weighted by atomic mass is 32.2. The summed E-state index contributed by atoms with van der Waals surface area (Å²) in [5.74, 6) is 1.77. The van der Waals surface area contributed by atoms with Crippen molar-refractivity contribution in [2.45, 2.75) is 86.7 Å². The molecule has 1 N–H and O–H groups in total. The Hall–Kier alpha value is -1.31. The third-order valence-corrected chi connectivity index (χ3v) is 9.36. The van der Waals surface area contributed by atoms with E-state index in [1.54, 1.807) is 0 Å². The van der Waals surface area contributed by atoms with Crippen LogP contribution in [0.3, 0.4) is 0 Å². The van der Waals surface area contributed by atoms with Crippen LogP contribution in [0.4, 0.5) is 0 Å². The number of carbonyl (C=O) groups excluding carboxylic acids is 1. The van der Waals surface area contributed by atoms with E-state index in [4.69, 9.17) is 14.7 Å². The number of nitrogens with one attached hydrogen (secondary N) is 1. The minimum atomic E-state index is -0.0863. The summed E-state index contributed by atoms with van der Waals surface area (Å²) < 4.78 is 5.31. The van der Waals surface area contributed by atoms with Crippen LogP contribution in [0, 0.1) is 0 Å². The number of rotatable bonds is 5. The lowest BCUT2D eigenvalue weighted by molar-refractivity contribution is 0.0922. The molecule has 4 rings (SSSR count). The highest BCUT2D eigenvalue weighted by molar-refractivity contribution is 7.99. The molecular formula is C26H37N3O2S2. The Balaban J connectivity index is 1.54. The predicted octanol–water partition coefficient (Wildman–Crippen LogP) is 6.14. The summed E-state index contributed by atoms with van der Waals surface area (Å²) in [7, 11) is 0. The third-order valence-electron chi connectivity index (χ3n) is 6.59. The Labute approximate surface area is 206 Å². The molecule has 0 radical (unpaired) electrons. The van der Waals surface area contributed by atoms with Gasteiger partial charge in [0.05, 0.1) is 29.0 Å². The highest BCUT2D eigenvalue weighted by Gasteiger charge is 2.21. The Bertz CT molecular complexity index is 924. The van der Waals surface area contributed by atoms with Gasteiger partial charge in [0.2, 0.25) is 0 Å². The molecule has 5 nitrogen and oxygen atoms in total. The minimum Gasteiger partial charge on any atom is -0.380 e. The average molecular weight is 488 g/mol. The fourth-order valence-corrected chi connectivity index (χ4v) is 7.17. The number of nitrogens with zero attached hydrogens (tertiary/aromatic N) is 2. The molecule has 2 aliphatic rings. The van der Waals surface area contributed by atoms with Crippen LogP contribution in [0.5, 0.6) is 0 Å². The van der Waals surface area contributed by atoms with Gasteiger partial charge in [-0.3, -0.25) is 4.79 Å². The molecule has 1 fully saturated rings. The molecule has 2 atom stereocenters. The van der Waals surface area contributed by atoms with Crippen molar-refractivity contribution in [2.24, 2.45) is 0 Å². The van der Waals surface area contributed by atoms with E-state index < -0.39 is 0 Å². The highest BCUT2D eigenvalue weighted by Crippen LogP contribution is 2.35. The number of amides is 1. The van der Waals surface area contributed by atoms with E-state index in [2.05, 4.69) is 28.8 Å². The lowest BCUT2D eigenvalue weighted by Gasteiger charge is -2.23. The molecule has 2 aromatic rings. The van der Waals surface area contributed by atoms with Crippen LogP contribution in [0.2, 0.25) is 0 Å². The Kier molecular flexibility index (Phi) is 9.74. The number of aromatic nitrogens is 2. The van der Waals surface area contributed by atoms with Gasteiger partial charge < -0.3 is 10.1 Å². The molecule has 2 bridgehead atoms. The first-order valence-corrected chi connectivity index (χ1v) is 14.7. The van der Waals surface area contributed by atoms with E-state index in [0.29, 0.717) is 25.3 Å². The van der Waals surface area contributed by atoms with Crippen molar-refractivity contribution in [1.82, 2.24) is 15.3 Å². The quantitative estimate of drug-likeness (QED) is 0.511.